The second kappa shape index (κ2) is 5.89. The third-order valence-electron chi connectivity index (χ3n) is 0.936. The molecule has 54 valence electrons. The molecule has 0 rings (SSSR count). The molecule has 0 aromatic rings. The highest BCUT2D eigenvalue weighted by atomic mass is 35.5. The number of rotatable bonds is 3. The first kappa shape index (κ1) is 8.76. The molecule has 0 spiro atoms. The van der Waals surface area contributed by atoms with E-state index in [1.807, 2.05) is 0 Å². The van der Waals surface area contributed by atoms with Gasteiger partial charge in [-0.2, -0.15) is 0 Å². The number of halogens is 1. The number of aliphatic imine (C=N–C) groups is 1. The van der Waals surface area contributed by atoms with Crippen molar-refractivity contribution >= 4 is 17.5 Å². The van der Waals surface area contributed by atoms with E-state index < -0.39 is 0 Å². The molecule has 0 aliphatic rings. The number of hydrogen-bond donors (Lipinski definition) is 0. The lowest BCUT2D eigenvalue weighted by atomic mass is 10.3. The quantitative estimate of drug-likeness (QED) is 0.261. The van der Waals surface area contributed by atoms with Crippen molar-refractivity contribution < 1.29 is 4.74 Å². The summed E-state index contributed by atoms with van der Waals surface area (Å²) in [6.07, 6.45) is 1.92. The number of nitrogens with zero attached hydrogens (tertiary/aromatic N) is 1. The van der Waals surface area contributed by atoms with E-state index in [4.69, 9.17) is 16.3 Å². The van der Waals surface area contributed by atoms with Gasteiger partial charge in [-0.3, -0.25) is 0 Å². The predicted octanol–water partition coefficient (Wildman–Crippen LogP) is 2.03. The second-order valence-electron chi connectivity index (χ2n) is 1.63. The molecule has 0 aromatic carbocycles. The van der Waals surface area contributed by atoms with Crippen molar-refractivity contribution in [2.24, 2.45) is 4.99 Å². The Hall–Kier alpha value is -0.240. The topological polar surface area (TPSA) is 21.6 Å². The summed E-state index contributed by atoms with van der Waals surface area (Å²) in [5, 5.41) is 0. The summed E-state index contributed by atoms with van der Waals surface area (Å²) in [4.78, 5) is 3.89. The molecular weight excluding hydrogens is 138 g/mol. The average Bonchev–Trinajstić information content (AvgIpc) is 1.88. The largest absolute Gasteiger partial charge is 0.484 e. The van der Waals surface area contributed by atoms with Gasteiger partial charge in [0.1, 0.15) is 6.00 Å². The van der Waals surface area contributed by atoms with Gasteiger partial charge in [-0.05, 0) is 6.42 Å². The van der Waals surface area contributed by atoms with Gasteiger partial charge in [0.25, 0.3) is 0 Å². The molecule has 0 aliphatic heterocycles. The minimum Gasteiger partial charge on any atom is -0.484 e. The highest BCUT2D eigenvalue weighted by Gasteiger charge is 1.92. The summed E-state index contributed by atoms with van der Waals surface area (Å²) < 4.78 is 4.90. The van der Waals surface area contributed by atoms with Crippen molar-refractivity contribution in [1.82, 2.24) is 0 Å². The normalized spacial score (nSPS) is 11.7. The third-order valence-corrected chi connectivity index (χ3v) is 1.06. The van der Waals surface area contributed by atoms with Crippen molar-refractivity contribution in [1.29, 1.82) is 0 Å². The number of ether oxygens (including phenoxy) is 1. The van der Waals surface area contributed by atoms with Crippen molar-refractivity contribution in [3.05, 3.63) is 0 Å². The van der Waals surface area contributed by atoms with Crippen LogP contribution >= 0.6 is 11.6 Å². The molecule has 0 aliphatic carbocycles. The van der Waals surface area contributed by atoms with Crippen LogP contribution in [0.1, 0.15) is 19.8 Å². The molecule has 0 atom stereocenters. The molecule has 9 heavy (non-hydrogen) atoms. The minimum atomic E-state index is 0.295. The van der Waals surface area contributed by atoms with Gasteiger partial charge >= 0.3 is 0 Å². The lowest BCUT2D eigenvalue weighted by molar-refractivity contribution is 0.388. The van der Waals surface area contributed by atoms with Crippen LogP contribution in [0.25, 0.3) is 0 Å². The number of methoxy groups -OCH3 is 1. The second-order valence-corrected chi connectivity index (χ2v) is 1.86. The van der Waals surface area contributed by atoms with Crippen LogP contribution in [0.4, 0.5) is 0 Å². The Morgan fingerprint density at radius 3 is 2.67 bits per heavy atom. The maximum atomic E-state index is 5.34. The molecular formula is C6H12ClNO. The summed E-state index contributed by atoms with van der Waals surface area (Å²) in [6, 6.07) is 0.295. The van der Waals surface area contributed by atoms with E-state index in [-0.39, 0.29) is 0 Å². The summed E-state index contributed by atoms with van der Waals surface area (Å²) in [6.45, 7) is 2.07. The zero-order valence-corrected chi connectivity index (χ0v) is 6.61. The van der Waals surface area contributed by atoms with Crippen LogP contribution in [0.5, 0.6) is 0 Å². The number of hydrogen-bond acceptors (Lipinski definition) is 2. The lowest BCUT2D eigenvalue weighted by Gasteiger charge is -1.99. The molecule has 0 N–H and O–H groups in total. The zero-order chi connectivity index (χ0) is 7.11. The summed E-state index contributed by atoms with van der Waals surface area (Å²) in [5.74, 6) is 0.743. The van der Waals surface area contributed by atoms with Crippen LogP contribution in [0.15, 0.2) is 4.99 Å². The monoisotopic (exact) mass is 149 g/mol. The maximum absolute atomic E-state index is 5.34. The molecule has 3 heteroatoms. The Kier molecular flexibility index (Phi) is 5.73. The van der Waals surface area contributed by atoms with Gasteiger partial charge in [-0.15, -0.1) is 11.6 Å². The molecule has 0 aromatic heterocycles. The van der Waals surface area contributed by atoms with Gasteiger partial charge in [0, 0.05) is 6.42 Å². The summed E-state index contributed by atoms with van der Waals surface area (Å²) in [5.41, 5.74) is 0. The van der Waals surface area contributed by atoms with Gasteiger partial charge in [0.15, 0.2) is 5.90 Å². The van der Waals surface area contributed by atoms with Crippen LogP contribution in [0, 0.1) is 0 Å². The van der Waals surface area contributed by atoms with Crippen molar-refractivity contribution in [3.63, 3.8) is 0 Å². The van der Waals surface area contributed by atoms with Gasteiger partial charge in [0.05, 0.1) is 7.11 Å². The smallest absolute Gasteiger partial charge is 0.184 e. The lowest BCUT2D eigenvalue weighted by Crippen LogP contribution is -1.99. The van der Waals surface area contributed by atoms with Crippen LogP contribution < -0.4 is 0 Å². The van der Waals surface area contributed by atoms with E-state index in [9.17, 15) is 0 Å². The first-order valence-corrected chi connectivity index (χ1v) is 3.51. The highest BCUT2D eigenvalue weighted by molar-refractivity contribution is 6.18. The molecule has 0 fully saturated rings. The van der Waals surface area contributed by atoms with Crippen molar-refractivity contribution in [3.8, 4) is 0 Å². The SMILES string of the molecule is CCCC(=NCCl)OC. The molecule has 2 nitrogen and oxygen atoms in total. The molecule has 0 heterocycles. The third kappa shape index (κ3) is 4.28. The van der Waals surface area contributed by atoms with Crippen LogP contribution in [0.3, 0.4) is 0 Å². The molecule has 0 bridgehead atoms. The van der Waals surface area contributed by atoms with E-state index in [1.165, 1.54) is 0 Å². The van der Waals surface area contributed by atoms with Gasteiger partial charge in [-0.25, -0.2) is 4.99 Å². The Labute approximate surface area is 60.9 Å². The Bertz CT molecular complexity index is 93.1. The fraction of sp³-hybridized carbons (Fsp3) is 0.833. The van der Waals surface area contributed by atoms with E-state index in [0.29, 0.717) is 6.00 Å². The van der Waals surface area contributed by atoms with E-state index in [1.54, 1.807) is 7.11 Å². The van der Waals surface area contributed by atoms with Crippen molar-refractivity contribution in [2.75, 3.05) is 13.1 Å². The number of alkyl halides is 1. The molecule has 0 amide bonds. The fourth-order valence-electron chi connectivity index (χ4n) is 0.526. The van der Waals surface area contributed by atoms with Gasteiger partial charge in [-0.1, -0.05) is 6.92 Å². The predicted molar refractivity (Wildman–Crippen MR) is 40.1 cm³/mol. The fourth-order valence-corrected chi connectivity index (χ4v) is 0.659. The minimum absolute atomic E-state index is 0.295. The summed E-state index contributed by atoms with van der Waals surface area (Å²) >= 11 is 5.34. The Morgan fingerprint density at radius 2 is 2.33 bits per heavy atom. The first-order chi connectivity index (χ1) is 4.35. The van der Waals surface area contributed by atoms with Crippen LogP contribution in [0.2, 0.25) is 0 Å². The van der Waals surface area contributed by atoms with Crippen LogP contribution in [-0.2, 0) is 4.74 Å². The zero-order valence-electron chi connectivity index (χ0n) is 5.85. The molecule has 0 unspecified atom stereocenters. The first-order valence-electron chi connectivity index (χ1n) is 2.98. The van der Waals surface area contributed by atoms with Gasteiger partial charge < -0.3 is 4.74 Å². The van der Waals surface area contributed by atoms with E-state index in [2.05, 4.69) is 11.9 Å². The average molecular weight is 150 g/mol. The standard InChI is InChI=1S/C6H12ClNO/c1-3-4-6(9-2)8-5-7/h3-5H2,1-2H3. The Balaban J connectivity index is 3.53. The van der Waals surface area contributed by atoms with E-state index >= 15 is 0 Å². The Morgan fingerprint density at radius 1 is 1.67 bits per heavy atom. The van der Waals surface area contributed by atoms with E-state index in [0.717, 1.165) is 18.7 Å². The molecule has 0 saturated heterocycles. The molecule has 0 radical (unpaired) electrons. The van der Waals surface area contributed by atoms with Crippen LogP contribution in [-0.4, -0.2) is 19.0 Å². The molecule has 0 saturated carbocycles. The van der Waals surface area contributed by atoms with Crippen molar-refractivity contribution in [2.45, 2.75) is 19.8 Å². The summed E-state index contributed by atoms with van der Waals surface area (Å²) in [7, 11) is 1.61. The maximum Gasteiger partial charge on any atom is 0.184 e. The highest BCUT2D eigenvalue weighted by Crippen LogP contribution is 1.93. The van der Waals surface area contributed by atoms with Gasteiger partial charge in [0.2, 0.25) is 0 Å².